The van der Waals surface area contributed by atoms with E-state index in [2.05, 4.69) is 9.88 Å². The van der Waals surface area contributed by atoms with Crippen LogP contribution in [0.5, 0.6) is 0 Å². The highest BCUT2D eigenvalue weighted by Gasteiger charge is 2.22. The first-order valence-corrected chi connectivity index (χ1v) is 8.28. The van der Waals surface area contributed by atoms with Crippen molar-refractivity contribution in [1.82, 2.24) is 9.88 Å². The van der Waals surface area contributed by atoms with Crippen molar-refractivity contribution < 1.29 is 19.8 Å². The number of pyridine rings is 1. The van der Waals surface area contributed by atoms with Crippen LogP contribution in [0.4, 0.5) is 0 Å². The smallest absolute Gasteiger partial charge is 0.354 e. The molecule has 0 bridgehead atoms. The van der Waals surface area contributed by atoms with Gasteiger partial charge in [-0.15, -0.1) is 0 Å². The summed E-state index contributed by atoms with van der Waals surface area (Å²) in [6.07, 6.45) is 2.11. The number of hydrogen-bond donors (Lipinski definition) is 2. The maximum absolute atomic E-state index is 11.0. The molecular weight excluding hydrogens is 320 g/mol. The van der Waals surface area contributed by atoms with Gasteiger partial charge in [0.1, 0.15) is 5.69 Å². The molecule has 0 aliphatic carbocycles. The van der Waals surface area contributed by atoms with E-state index in [9.17, 15) is 9.59 Å². The zero-order valence-corrected chi connectivity index (χ0v) is 13.8. The standard InChI is InChI=1S/C19H20N2O4/c22-18(23)14-8-6-13(7-9-14)15-3-2-10-21(11-15)12-16-4-1-5-17(20-16)19(24)25/h1,4-9,15H,2-3,10-12H2,(H,22,23)(H,24,25). The van der Waals surface area contributed by atoms with Crippen LogP contribution in [-0.4, -0.2) is 45.1 Å². The van der Waals surface area contributed by atoms with Gasteiger partial charge in [-0.05, 0) is 55.1 Å². The van der Waals surface area contributed by atoms with Crippen molar-refractivity contribution in [2.45, 2.75) is 25.3 Å². The summed E-state index contributed by atoms with van der Waals surface area (Å²) >= 11 is 0. The van der Waals surface area contributed by atoms with Crippen molar-refractivity contribution in [3.8, 4) is 0 Å². The molecule has 1 aliphatic heterocycles. The molecule has 130 valence electrons. The van der Waals surface area contributed by atoms with Gasteiger partial charge in [-0.25, -0.2) is 14.6 Å². The Bertz CT molecular complexity index is 773. The Hall–Kier alpha value is -2.73. The summed E-state index contributed by atoms with van der Waals surface area (Å²) in [6.45, 7) is 2.42. The van der Waals surface area contributed by atoms with Gasteiger partial charge in [-0.3, -0.25) is 4.90 Å². The number of carbonyl (C=O) groups is 2. The van der Waals surface area contributed by atoms with Gasteiger partial charge in [-0.1, -0.05) is 18.2 Å². The SMILES string of the molecule is O=C(O)c1ccc(C2CCCN(Cc3cccc(C(=O)O)n3)C2)cc1. The number of piperidine rings is 1. The highest BCUT2D eigenvalue weighted by atomic mass is 16.4. The zero-order valence-electron chi connectivity index (χ0n) is 13.8. The largest absolute Gasteiger partial charge is 0.478 e. The van der Waals surface area contributed by atoms with Crippen LogP contribution in [0.15, 0.2) is 42.5 Å². The second-order valence-corrected chi connectivity index (χ2v) is 6.32. The van der Waals surface area contributed by atoms with Crippen LogP contribution in [0, 0.1) is 0 Å². The quantitative estimate of drug-likeness (QED) is 0.870. The van der Waals surface area contributed by atoms with Gasteiger partial charge < -0.3 is 10.2 Å². The first-order chi connectivity index (χ1) is 12.0. The van der Waals surface area contributed by atoms with Crippen molar-refractivity contribution in [1.29, 1.82) is 0 Å². The molecule has 0 spiro atoms. The average Bonchev–Trinajstić information content (AvgIpc) is 2.62. The fourth-order valence-electron chi connectivity index (χ4n) is 3.28. The Balaban J connectivity index is 1.67. The lowest BCUT2D eigenvalue weighted by atomic mass is 9.90. The lowest BCUT2D eigenvalue weighted by Gasteiger charge is -2.32. The van der Waals surface area contributed by atoms with Crippen LogP contribution in [-0.2, 0) is 6.54 Å². The van der Waals surface area contributed by atoms with Crippen molar-refractivity contribution >= 4 is 11.9 Å². The van der Waals surface area contributed by atoms with Crippen LogP contribution in [0.1, 0.15) is 50.9 Å². The van der Waals surface area contributed by atoms with Gasteiger partial charge in [0.25, 0.3) is 0 Å². The fraction of sp³-hybridized carbons (Fsp3) is 0.316. The molecule has 3 rings (SSSR count). The molecule has 1 aromatic carbocycles. The summed E-state index contributed by atoms with van der Waals surface area (Å²) in [5.41, 5.74) is 2.25. The second kappa shape index (κ2) is 7.44. The fourth-order valence-corrected chi connectivity index (χ4v) is 3.28. The molecule has 0 saturated carbocycles. The Labute approximate surface area is 145 Å². The predicted molar refractivity (Wildman–Crippen MR) is 91.8 cm³/mol. The van der Waals surface area contributed by atoms with Crippen molar-refractivity contribution in [3.05, 3.63) is 65.0 Å². The van der Waals surface area contributed by atoms with E-state index in [1.54, 1.807) is 18.2 Å². The number of carboxylic acids is 2. The number of nitrogens with zero attached hydrogens (tertiary/aromatic N) is 2. The molecule has 1 atom stereocenters. The molecule has 1 fully saturated rings. The summed E-state index contributed by atoms with van der Waals surface area (Å²) < 4.78 is 0. The third-order valence-electron chi connectivity index (χ3n) is 4.55. The van der Waals surface area contributed by atoms with Gasteiger partial charge in [0.15, 0.2) is 0 Å². The van der Waals surface area contributed by atoms with E-state index in [-0.39, 0.29) is 5.69 Å². The van der Waals surface area contributed by atoms with Crippen molar-refractivity contribution in [2.24, 2.45) is 0 Å². The normalized spacial score (nSPS) is 18.0. The maximum atomic E-state index is 11.0. The average molecular weight is 340 g/mol. The van der Waals surface area contributed by atoms with Crippen LogP contribution >= 0.6 is 0 Å². The van der Waals surface area contributed by atoms with Gasteiger partial charge in [0.05, 0.1) is 11.3 Å². The molecule has 0 radical (unpaired) electrons. The monoisotopic (exact) mass is 340 g/mol. The zero-order chi connectivity index (χ0) is 17.8. The number of carboxylic acid groups (broad SMARTS) is 2. The lowest BCUT2D eigenvalue weighted by Crippen LogP contribution is -2.34. The third-order valence-corrected chi connectivity index (χ3v) is 4.55. The summed E-state index contributed by atoms with van der Waals surface area (Å²) in [7, 11) is 0. The van der Waals surface area contributed by atoms with E-state index in [1.165, 1.54) is 6.07 Å². The first-order valence-electron chi connectivity index (χ1n) is 8.28. The highest BCUT2D eigenvalue weighted by molar-refractivity contribution is 5.87. The van der Waals surface area contributed by atoms with Gasteiger partial charge >= 0.3 is 11.9 Å². The summed E-state index contributed by atoms with van der Waals surface area (Å²) in [5, 5.41) is 18.0. The Morgan fingerprint density at radius 2 is 1.84 bits per heavy atom. The van der Waals surface area contributed by atoms with Crippen LogP contribution in [0.25, 0.3) is 0 Å². The molecular formula is C19H20N2O4. The molecule has 1 aliphatic rings. The van der Waals surface area contributed by atoms with Gasteiger partial charge in [-0.2, -0.15) is 0 Å². The Morgan fingerprint density at radius 3 is 2.52 bits per heavy atom. The maximum Gasteiger partial charge on any atom is 0.354 e. The number of aromatic carboxylic acids is 2. The topological polar surface area (TPSA) is 90.7 Å². The number of hydrogen-bond acceptors (Lipinski definition) is 4. The van der Waals surface area contributed by atoms with E-state index in [4.69, 9.17) is 10.2 Å². The number of rotatable bonds is 5. The summed E-state index contributed by atoms with van der Waals surface area (Å²) in [4.78, 5) is 28.5. The molecule has 1 aromatic heterocycles. The number of aromatic nitrogens is 1. The summed E-state index contributed by atoms with van der Waals surface area (Å²) in [6, 6.07) is 12.1. The van der Waals surface area contributed by atoms with Gasteiger partial charge in [0.2, 0.25) is 0 Å². The van der Waals surface area contributed by atoms with Crippen LogP contribution in [0.3, 0.4) is 0 Å². The van der Waals surface area contributed by atoms with Crippen molar-refractivity contribution in [3.63, 3.8) is 0 Å². The minimum Gasteiger partial charge on any atom is -0.478 e. The molecule has 6 nitrogen and oxygen atoms in total. The minimum atomic E-state index is -1.02. The minimum absolute atomic E-state index is 0.0651. The third kappa shape index (κ3) is 4.22. The number of benzene rings is 1. The molecule has 25 heavy (non-hydrogen) atoms. The molecule has 6 heteroatoms. The second-order valence-electron chi connectivity index (χ2n) is 6.32. The molecule has 0 amide bonds. The molecule has 1 saturated heterocycles. The highest BCUT2D eigenvalue weighted by Crippen LogP contribution is 2.27. The van der Waals surface area contributed by atoms with Crippen LogP contribution in [0.2, 0.25) is 0 Å². The van der Waals surface area contributed by atoms with E-state index >= 15 is 0 Å². The molecule has 2 N–H and O–H groups in total. The van der Waals surface area contributed by atoms with Crippen LogP contribution < -0.4 is 0 Å². The molecule has 2 heterocycles. The Morgan fingerprint density at radius 1 is 1.08 bits per heavy atom. The molecule has 1 unspecified atom stereocenters. The number of likely N-dealkylation sites (tertiary alicyclic amines) is 1. The molecule has 2 aromatic rings. The predicted octanol–water partition coefficient (Wildman–Crippen LogP) is 2.86. The van der Waals surface area contributed by atoms with E-state index in [1.807, 2.05) is 18.2 Å². The van der Waals surface area contributed by atoms with E-state index in [0.717, 1.165) is 37.2 Å². The first kappa shape index (κ1) is 17.1. The van der Waals surface area contributed by atoms with Gasteiger partial charge in [0, 0.05) is 13.1 Å². The lowest BCUT2D eigenvalue weighted by molar-refractivity contribution is 0.0682. The Kier molecular flexibility index (Phi) is 5.09. The van der Waals surface area contributed by atoms with Crippen molar-refractivity contribution in [2.75, 3.05) is 13.1 Å². The summed E-state index contributed by atoms with van der Waals surface area (Å²) in [5.74, 6) is -1.59. The van der Waals surface area contributed by atoms with E-state index < -0.39 is 11.9 Å². The van der Waals surface area contributed by atoms with E-state index in [0.29, 0.717) is 18.0 Å².